The number of aromatic nitrogens is 3. The predicted molar refractivity (Wildman–Crippen MR) is 127 cm³/mol. The molecule has 0 fully saturated rings. The van der Waals surface area contributed by atoms with Gasteiger partial charge in [-0.3, -0.25) is 14.0 Å². The Bertz CT molecular complexity index is 1310. The lowest BCUT2D eigenvalue weighted by Gasteiger charge is -2.08. The van der Waals surface area contributed by atoms with E-state index in [1.54, 1.807) is 22.7 Å². The summed E-state index contributed by atoms with van der Waals surface area (Å²) in [6.07, 6.45) is 1.68. The number of nitrogens with one attached hydrogen (secondary N) is 2. The Hall–Kier alpha value is -3.65. The molecule has 8 heteroatoms. The van der Waals surface area contributed by atoms with Crippen molar-refractivity contribution in [3.05, 3.63) is 83.0 Å². The van der Waals surface area contributed by atoms with Gasteiger partial charge in [-0.25, -0.2) is 0 Å². The Morgan fingerprint density at radius 2 is 1.72 bits per heavy atom. The molecule has 2 aromatic carbocycles. The number of rotatable bonds is 6. The van der Waals surface area contributed by atoms with Crippen molar-refractivity contribution in [2.24, 2.45) is 0 Å². The summed E-state index contributed by atoms with van der Waals surface area (Å²) in [7, 11) is 0. The zero-order valence-electron chi connectivity index (χ0n) is 18.0. The first-order valence-electron chi connectivity index (χ1n) is 10.1. The zero-order chi connectivity index (χ0) is 22.7. The van der Waals surface area contributed by atoms with Crippen LogP contribution in [0.4, 0.5) is 11.4 Å². The maximum absolute atomic E-state index is 12.7. The molecule has 0 atom stereocenters. The molecular formula is C24H23N5O2S. The van der Waals surface area contributed by atoms with Crippen LogP contribution in [0.5, 0.6) is 0 Å². The van der Waals surface area contributed by atoms with E-state index in [4.69, 9.17) is 0 Å². The Labute approximate surface area is 190 Å². The van der Waals surface area contributed by atoms with Gasteiger partial charge in [-0.2, -0.15) is 0 Å². The van der Waals surface area contributed by atoms with Crippen LogP contribution < -0.4 is 10.6 Å². The average molecular weight is 446 g/mol. The lowest BCUT2D eigenvalue weighted by atomic mass is 10.1. The molecule has 4 rings (SSSR count). The fraction of sp³-hybridized carbons (Fsp3) is 0.167. The minimum Gasteiger partial charge on any atom is -0.325 e. The molecule has 0 aliphatic carbocycles. The number of anilines is 2. The normalized spacial score (nSPS) is 10.8. The van der Waals surface area contributed by atoms with E-state index in [0.717, 1.165) is 22.5 Å². The van der Waals surface area contributed by atoms with Crippen molar-refractivity contribution < 1.29 is 9.59 Å². The summed E-state index contributed by atoms with van der Waals surface area (Å²) in [6, 6.07) is 16.9. The van der Waals surface area contributed by atoms with E-state index >= 15 is 0 Å². The maximum atomic E-state index is 12.7. The lowest BCUT2D eigenvalue weighted by Crippen LogP contribution is -2.14. The van der Waals surface area contributed by atoms with Crippen molar-refractivity contribution in [3.8, 4) is 0 Å². The second kappa shape index (κ2) is 9.23. The smallest absolute Gasteiger partial charge is 0.257 e. The number of fused-ring (bicyclic) bond motifs is 1. The highest BCUT2D eigenvalue weighted by Crippen LogP contribution is 2.20. The fourth-order valence-corrected chi connectivity index (χ4v) is 3.89. The Balaban J connectivity index is 1.44. The molecule has 0 aliphatic rings. The second-order valence-corrected chi connectivity index (χ2v) is 8.53. The number of hydrogen-bond donors (Lipinski definition) is 2. The number of thioether (sulfide) groups is 1. The summed E-state index contributed by atoms with van der Waals surface area (Å²) in [4.78, 5) is 25.1. The fourth-order valence-electron chi connectivity index (χ4n) is 3.17. The number of amides is 2. The maximum Gasteiger partial charge on any atom is 0.257 e. The first-order valence-corrected chi connectivity index (χ1v) is 11.1. The van der Waals surface area contributed by atoms with Crippen LogP contribution >= 0.6 is 11.8 Å². The van der Waals surface area contributed by atoms with E-state index in [2.05, 4.69) is 20.8 Å². The molecule has 2 aromatic heterocycles. The molecule has 2 heterocycles. The molecule has 0 unspecified atom stereocenters. The molecular weight excluding hydrogens is 422 g/mol. The van der Waals surface area contributed by atoms with E-state index in [9.17, 15) is 9.59 Å². The Morgan fingerprint density at radius 1 is 0.906 bits per heavy atom. The van der Waals surface area contributed by atoms with Crippen LogP contribution in [0, 0.1) is 20.8 Å². The van der Waals surface area contributed by atoms with Crippen molar-refractivity contribution in [2.75, 3.05) is 16.4 Å². The predicted octanol–water partition coefficient (Wildman–Crippen LogP) is 4.64. The van der Waals surface area contributed by atoms with Gasteiger partial charge in [-0.05, 0) is 73.9 Å². The molecule has 2 N–H and O–H groups in total. The van der Waals surface area contributed by atoms with Gasteiger partial charge in [0.2, 0.25) is 5.91 Å². The number of hydrogen-bond acceptors (Lipinski definition) is 5. The Morgan fingerprint density at radius 3 is 2.50 bits per heavy atom. The minimum absolute atomic E-state index is 0.136. The van der Waals surface area contributed by atoms with Crippen LogP contribution in [0.15, 0.2) is 66.0 Å². The van der Waals surface area contributed by atoms with Gasteiger partial charge < -0.3 is 10.6 Å². The Kier molecular flexibility index (Phi) is 6.23. The van der Waals surface area contributed by atoms with Crippen molar-refractivity contribution in [2.45, 2.75) is 25.9 Å². The van der Waals surface area contributed by atoms with Crippen LogP contribution in [-0.4, -0.2) is 32.2 Å². The van der Waals surface area contributed by atoms with Crippen LogP contribution in [-0.2, 0) is 4.79 Å². The highest BCUT2D eigenvalue weighted by Gasteiger charge is 2.13. The number of benzene rings is 2. The van der Waals surface area contributed by atoms with Gasteiger partial charge in [0.1, 0.15) is 0 Å². The number of carbonyl (C=O) groups is 2. The highest BCUT2D eigenvalue weighted by atomic mass is 32.2. The molecule has 4 aromatic rings. The SMILES string of the molecule is Cc1cccc(NC(=O)c2ccc3nnc(SCC(=O)Nc4ccc(C)c(C)c4)n3c2)c1. The van der Waals surface area contributed by atoms with E-state index in [-0.39, 0.29) is 17.6 Å². The van der Waals surface area contributed by atoms with Gasteiger partial charge in [-0.1, -0.05) is 30.0 Å². The second-order valence-electron chi connectivity index (χ2n) is 7.59. The van der Waals surface area contributed by atoms with Gasteiger partial charge in [0.25, 0.3) is 5.91 Å². The first-order chi connectivity index (χ1) is 15.4. The third-order valence-corrected chi connectivity index (χ3v) is 5.98. The number of pyridine rings is 1. The molecule has 7 nitrogen and oxygen atoms in total. The van der Waals surface area contributed by atoms with Gasteiger partial charge in [-0.15, -0.1) is 10.2 Å². The molecule has 0 spiro atoms. The third kappa shape index (κ3) is 4.97. The summed E-state index contributed by atoms with van der Waals surface area (Å²) in [5, 5.41) is 14.6. The molecule has 162 valence electrons. The van der Waals surface area contributed by atoms with Crippen molar-refractivity contribution in [1.82, 2.24) is 14.6 Å². The van der Waals surface area contributed by atoms with Gasteiger partial charge in [0.05, 0.1) is 11.3 Å². The van der Waals surface area contributed by atoms with E-state index in [1.165, 1.54) is 17.3 Å². The molecule has 32 heavy (non-hydrogen) atoms. The molecule has 0 aliphatic heterocycles. The van der Waals surface area contributed by atoms with Crippen LogP contribution in [0.1, 0.15) is 27.0 Å². The van der Waals surface area contributed by atoms with Crippen molar-refractivity contribution in [1.29, 1.82) is 0 Å². The van der Waals surface area contributed by atoms with Crippen LogP contribution in [0.2, 0.25) is 0 Å². The topological polar surface area (TPSA) is 88.4 Å². The summed E-state index contributed by atoms with van der Waals surface area (Å²) >= 11 is 1.26. The molecule has 0 radical (unpaired) electrons. The van der Waals surface area contributed by atoms with Crippen molar-refractivity contribution in [3.63, 3.8) is 0 Å². The van der Waals surface area contributed by atoms with Gasteiger partial charge >= 0.3 is 0 Å². The van der Waals surface area contributed by atoms with E-state index < -0.39 is 0 Å². The van der Waals surface area contributed by atoms with Gasteiger partial charge in [0.15, 0.2) is 10.8 Å². The summed E-state index contributed by atoms with van der Waals surface area (Å²) < 4.78 is 1.72. The molecule has 2 amide bonds. The third-order valence-electron chi connectivity index (χ3n) is 5.03. The van der Waals surface area contributed by atoms with E-state index in [0.29, 0.717) is 16.4 Å². The van der Waals surface area contributed by atoms with Crippen LogP contribution in [0.25, 0.3) is 5.65 Å². The number of nitrogens with zero attached hydrogens (tertiary/aromatic N) is 3. The minimum atomic E-state index is -0.227. The molecule has 0 bridgehead atoms. The first kappa shape index (κ1) is 21.6. The molecule has 0 saturated heterocycles. The summed E-state index contributed by atoms with van der Waals surface area (Å²) in [6.45, 7) is 6.01. The quantitative estimate of drug-likeness (QED) is 0.422. The standard InChI is InChI=1S/C24H23N5O2S/c1-15-5-4-6-19(11-15)26-23(31)18-8-10-21-27-28-24(29(21)13-18)32-14-22(30)25-20-9-7-16(2)17(3)12-20/h4-13H,14H2,1-3H3,(H,25,30)(H,26,31). The van der Waals surface area contributed by atoms with Gasteiger partial charge in [0, 0.05) is 17.6 Å². The lowest BCUT2D eigenvalue weighted by molar-refractivity contribution is -0.113. The summed E-state index contributed by atoms with van der Waals surface area (Å²) in [5.41, 5.74) is 5.94. The number of carbonyl (C=O) groups excluding carboxylic acids is 2. The summed E-state index contributed by atoms with van der Waals surface area (Å²) in [5.74, 6) is -0.189. The van der Waals surface area contributed by atoms with Crippen molar-refractivity contribution >= 4 is 40.6 Å². The monoisotopic (exact) mass is 445 g/mol. The van der Waals surface area contributed by atoms with Crippen LogP contribution in [0.3, 0.4) is 0 Å². The number of aryl methyl sites for hydroxylation is 3. The molecule has 0 saturated carbocycles. The highest BCUT2D eigenvalue weighted by molar-refractivity contribution is 7.99. The zero-order valence-corrected chi connectivity index (χ0v) is 18.9. The van der Waals surface area contributed by atoms with E-state index in [1.807, 2.05) is 63.2 Å². The average Bonchev–Trinajstić information content (AvgIpc) is 3.17. The largest absolute Gasteiger partial charge is 0.325 e.